The van der Waals surface area contributed by atoms with E-state index in [4.69, 9.17) is 4.74 Å². The molecule has 8 heteroatoms. The van der Waals surface area contributed by atoms with Crippen molar-refractivity contribution >= 4 is 46.3 Å². The van der Waals surface area contributed by atoms with Crippen molar-refractivity contribution in [3.05, 3.63) is 82.0 Å². The fourth-order valence-electron chi connectivity index (χ4n) is 2.93. The highest BCUT2D eigenvalue weighted by atomic mass is 32.1. The van der Waals surface area contributed by atoms with Gasteiger partial charge in [0, 0.05) is 11.1 Å². The summed E-state index contributed by atoms with van der Waals surface area (Å²) < 4.78 is 5.28. The van der Waals surface area contributed by atoms with Crippen LogP contribution in [0.2, 0.25) is 0 Å². The van der Waals surface area contributed by atoms with E-state index in [-0.39, 0.29) is 29.4 Å². The van der Waals surface area contributed by atoms with E-state index >= 15 is 0 Å². The van der Waals surface area contributed by atoms with Gasteiger partial charge in [-0.3, -0.25) is 19.7 Å². The molecule has 3 aromatic rings. The maximum atomic E-state index is 12.9. The van der Waals surface area contributed by atoms with Crippen LogP contribution in [0.1, 0.15) is 52.8 Å². The molecule has 0 saturated carbocycles. The van der Waals surface area contributed by atoms with E-state index in [0.29, 0.717) is 16.0 Å². The van der Waals surface area contributed by atoms with Crippen LogP contribution in [-0.4, -0.2) is 29.2 Å². The highest BCUT2D eigenvalue weighted by Gasteiger charge is 2.20. The Morgan fingerprint density at radius 3 is 2.21 bits per heavy atom. The summed E-state index contributed by atoms with van der Waals surface area (Å²) >= 11 is 1.25. The lowest BCUT2D eigenvalue weighted by atomic mass is 10.0. The number of rotatable bonds is 7. The van der Waals surface area contributed by atoms with Gasteiger partial charge in [-0.05, 0) is 50.4 Å². The zero-order chi connectivity index (χ0) is 24.0. The van der Waals surface area contributed by atoms with Crippen molar-refractivity contribution in [2.45, 2.75) is 32.8 Å². The zero-order valence-corrected chi connectivity index (χ0v) is 19.3. The Bertz CT molecular complexity index is 1170. The molecule has 1 heterocycles. The Hall–Kier alpha value is -3.78. The summed E-state index contributed by atoms with van der Waals surface area (Å²) in [7, 11) is 0. The number of benzene rings is 2. The number of carbonyl (C=O) groups excluding carboxylic acids is 4. The van der Waals surface area contributed by atoms with Crippen molar-refractivity contribution in [2.24, 2.45) is 0 Å². The molecule has 7 nitrogen and oxygen atoms in total. The molecule has 33 heavy (non-hydrogen) atoms. The van der Waals surface area contributed by atoms with Crippen LogP contribution in [0, 0.1) is 0 Å². The van der Waals surface area contributed by atoms with Crippen molar-refractivity contribution < 1.29 is 23.9 Å². The fraction of sp³-hybridized carbons (Fsp3) is 0.200. The number of ketones is 2. The SMILES string of the molecule is CC(C)(C)OC(=O)Nc1ccc(C(=O)c2ccccc2)cc1NC(=O)CC(=O)c1cccs1. The van der Waals surface area contributed by atoms with Gasteiger partial charge in [0.05, 0.1) is 22.7 Å². The van der Waals surface area contributed by atoms with E-state index in [1.54, 1.807) is 74.7 Å². The summed E-state index contributed by atoms with van der Waals surface area (Å²) in [4.78, 5) is 50.5. The van der Waals surface area contributed by atoms with Crippen LogP contribution < -0.4 is 10.6 Å². The minimum atomic E-state index is -0.718. The van der Waals surface area contributed by atoms with E-state index in [1.807, 2.05) is 0 Å². The van der Waals surface area contributed by atoms with Gasteiger partial charge in [-0.1, -0.05) is 36.4 Å². The van der Waals surface area contributed by atoms with Gasteiger partial charge in [-0.25, -0.2) is 4.79 Å². The Labute approximate surface area is 195 Å². The van der Waals surface area contributed by atoms with Gasteiger partial charge in [0.2, 0.25) is 5.91 Å². The van der Waals surface area contributed by atoms with Gasteiger partial charge in [0.25, 0.3) is 0 Å². The molecule has 0 atom stereocenters. The summed E-state index contributed by atoms with van der Waals surface area (Å²) in [6, 6.07) is 16.6. The first-order valence-electron chi connectivity index (χ1n) is 10.2. The minimum absolute atomic E-state index is 0.187. The lowest BCUT2D eigenvalue weighted by Crippen LogP contribution is -2.27. The number of anilines is 2. The zero-order valence-electron chi connectivity index (χ0n) is 18.5. The molecule has 2 N–H and O–H groups in total. The normalized spacial score (nSPS) is 10.9. The number of Topliss-reactive ketones (excluding diaryl/α,β-unsaturated/α-hetero) is 1. The molecule has 0 saturated heterocycles. The third-order valence-corrected chi connectivity index (χ3v) is 5.26. The monoisotopic (exact) mass is 464 g/mol. The molecule has 170 valence electrons. The van der Waals surface area contributed by atoms with Crippen molar-refractivity contribution in [3.8, 4) is 0 Å². The van der Waals surface area contributed by atoms with Gasteiger partial charge in [-0.2, -0.15) is 0 Å². The Morgan fingerprint density at radius 2 is 1.58 bits per heavy atom. The molecule has 3 rings (SSSR count). The summed E-state index contributed by atoms with van der Waals surface area (Å²) in [5.41, 5.74) is 0.507. The summed E-state index contributed by atoms with van der Waals surface area (Å²) in [5.74, 6) is -1.13. The van der Waals surface area contributed by atoms with Gasteiger partial charge in [0.15, 0.2) is 11.6 Å². The van der Waals surface area contributed by atoms with Gasteiger partial charge < -0.3 is 10.1 Å². The van der Waals surface area contributed by atoms with Gasteiger partial charge >= 0.3 is 6.09 Å². The first-order chi connectivity index (χ1) is 15.6. The quantitative estimate of drug-likeness (QED) is 0.353. The average Bonchev–Trinajstić information content (AvgIpc) is 3.29. The largest absolute Gasteiger partial charge is 0.444 e. The molecule has 2 amide bonds. The molecule has 0 radical (unpaired) electrons. The second-order valence-electron chi connectivity index (χ2n) is 8.21. The highest BCUT2D eigenvalue weighted by Crippen LogP contribution is 2.26. The third-order valence-electron chi connectivity index (χ3n) is 4.34. The highest BCUT2D eigenvalue weighted by molar-refractivity contribution is 7.12. The number of ether oxygens (including phenoxy) is 1. The van der Waals surface area contributed by atoms with E-state index in [9.17, 15) is 19.2 Å². The molecular formula is C25H24N2O5S. The first kappa shape index (κ1) is 23.9. The van der Waals surface area contributed by atoms with E-state index < -0.39 is 17.6 Å². The molecule has 0 fully saturated rings. The second kappa shape index (κ2) is 10.2. The van der Waals surface area contributed by atoms with E-state index in [0.717, 1.165) is 0 Å². The van der Waals surface area contributed by atoms with Crippen LogP contribution in [0.4, 0.5) is 16.2 Å². The van der Waals surface area contributed by atoms with Crippen molar-refractivity contribution in [1.82, 2.24) is 0 Å². The van der Waals surface area contributed by atoms with E-state index in [1.165, 1.54) is 23.5 Å². The molecule has 0 aliphatic heterocycles. The maximum Gasteiger partial charge on any atom is 0.412 e. The Balaban J connectivity index is 1.85. The maximum absolute atomic E-state index is 12.9. The predicted octanol–water partition coefficient (Wildman–Crippen LogP) is 5.54. The van der Waals surface area contributed by atoms with Crippen molar-refractivity contribution in [1.29, 1.82) is 0 Å². The lowest BCUT2D eigenvalue weighted by molar-refractivity contribution is -0.115. The molecule has 1 aromatic heterocycles. The summed E-state index contributed by atoms with van der Waals surface area (Å²) in [5, 5.41) is 6.99. The molecule has 0 bridgehead atoms. The standard InChI is InChI=1S/C25H24N2O5S/c1-25(2,3)32-24(31)27-18-12-11-17(23(30)16-8-5-4-6-9-16)14-19(18)26-22(29)15-20(28)21-10-7-13-33-21/h4-14H,15H2,1-3H3,(H,26,29)(H,27,31). The van der Waals surface area contributed by atoms with Crippen molar-refractivity contribution in [2.75, 3.05) is 10.6 Å². The average molecular weight is 465 g/mol. The molecule has 2 aromatic carbocycles. The Kier molecular flexibility index (Phi) is 7.40. The topological polar surface area (TPSA) is 102 Å². The van der Waals surface area contributed by atoms with Crippen LogP contribution in [0.3, 0.4) is 0 Å². The van der Waals surface area contributed by atoms with Crippen LogP contribution in [0.15, 0.2) is 66.0 Å². The number of carbonyl (C=O) groups is 4. The summed E-state index contributed by atoms with van der Waals surface area (Å²) in [6.45, 7) is 5.19. The molecule has 0 spiro atoms. The van der Waals surface area contributed by atoms with Crippen LogP contribution >= 0.6 is 11.3 Å². The van der Waals surface area contributed by atoms with Gasteiger partial charge in [-0.15, -0.1) is 11.3 Å². The number of amides is 2. The Morgan fingerprint density at radius 1 is 0.848 bits per heavy atom. The van der Waals surface area contributed by atoms with Crippen molar-refractivity contribution in [3.63, 3.8) is 0 Å². The number of hydrogen-bond acceptors (Lipinski definition) is 6. The first-order valence-corrected chi connectivity index (χ1v) is 11.1. The molecule has 0 aliphatic carbocycles. The molecule has 0 unspecified atom stereocenters. The predicted molar refractivity (Wildman–Crippen MR) is 128 cm³/mol. The number of hydrogen-bond donors (Lipinski definition) is 2. The smallest absolute Gasteiger partial charge is 0.412 e. The van der Waals surface area contributed by atoms with E-state index in [2.05, 4.69) is 10.6 Å². The third kappa shape index (κ3) is 6.85. The number of nitrogens with one attached hydrogen (secondary N) is 2. The van der Waals surface area contributed by atoms with Gasteiger partial charge in [0.1, 0.15) is 5.60 Å². The number of thiophene rings is 1. The minimum Gasteiger partial charge on any atom is -0.444 e. The molecule has 0 aliphatic rings. The van der Waals surface area contributed by atoms with Crippen LogP contribution in [0.25, 0.3) is 0 Å². The summed E-state index contributed by atoms with van der Waals surface area (Å²) in [6.07, 6.45) is -1.08. The van der Waals surface area contributed by atoms with Crippen LogP contribution in [-0.2, 0) is 9.53 Å². The van der Waals surface area contributed by atoms with Crippen LogP contribution in [0.5, 0.6) is 0 Å². The molecular weight excluding hydrogens is 440 g/mol. The lowest BCUT2D eigenvalue weighted by Gasteiger charge is -2.21. The fourth-order valence-corrected chi connectivity index (χ4v) is 3.60. The second-order valence-corrected chi connectivity index (χ2v) is 9.16.